The van der Waals surface area contributed by atoms with Crippen molar-refractivity contribution in [2.24, 2.45) is 0 Å². The van der Waals surface area contributed by atoms with Gasteiger partial charge in [0.25, 0.3) is 0 Å². The van der Waals surface area contributed by atoms with Crippen LogP contribution in [0.1, 0.15) is 18.4 Å². The Morgan fingerprint density at radius 1 is 1.38 bits per heavy atom. The maximum Gasteiger partial charge on any atom is 0.240 e. The summed E-state index contributed by atoms with van der Waals surface area (Å²) in [7, 11) is -2.13. The van der Waals surface area contributed by atoms with Crippen LogP contribution in [0, 0.1) is 6.92 Å². The largest absolute Gasteiger partial charge is 0.497 e. The van der Waals surface area contributed by atoms with Crippen LogP contribution >= 0.6 is 0 Å². The highest BCUT2D eigenvalue weighted by Gasteiger charge is 2.31. The van der Waals surface area contributed by atoms with Crippen LogP contribution in [-0.4, -0.2) is 46.0 Å². The molecule has 1 heterocycles. The van der Waals surface area contributed by atoms with Crippen molar-refractivity contribution in [3.8, 4) is 5.75 Å². The fraction of sp³-hybridized carbons (Fsp3) is 0.571. The van der Waals surface area contributed by atoms with Gasteiger partial charge in [-0.1, -0.05) is 0 Å². The number of methoxy groups -OCH3 is 1. The number of aliphatic hydroxyl groups is 1. The van der Waals surface area contributed by atoms with Crippen LogP contribution in [-0.2, 0) is 14.8 Å². The number of rotatable bonds is 5. The van der Waals surface area contributed by atoms with E-state index in [1.165, 1.54) is 13.2 Å². The van der Waals surface area contributed by atoms with E-state index in [9.17, 15) is 13.5 Å². The Bertz CT molecular complexity index is 593. The Morgan fingerprint density at radius 2 is 2.05 bits per heavy atom. The highest BCUT2D eigenvalue weighted by Crippen LogP contribution is 2.23. The predicted octanol–water partition coefficient (Wildman–Crippen LogP) is 0.823. The molecule has 21 heavy (non-hydrogen) atoms. The molecule has 7 heteroatoms. The molecule has 0 radical (unpaired) electrons. The SMILES string of the molecule is COc1ccc(S(=O)(=O)NCC2(O)CCOCC2)c(C)c1. The third kappa shape index (κ3) is 3.94. The Labute approximate surface area is 125 Å². The van der Waals surface area contributed by atoms with Gasteiger partial charge in [0.2, 0.25) is 10.0 Å². The van der Waals surface area contributed by atoms with E-state index >= 15 is 0 Å². The van der Waals surface area contributed by atoms with Crippen molar-refractivity contribution < 1.29 is 23.0 Å². The molecule has 0 bridgehead atoms. The molecule has 1 fully saturated rings. The van der Waals surface area contributed by atoms with Crippen molar-refractivity contribution in [3.05, 3.63) is 23.8 Å². The lowest BCUT2D eigenvalue weighted by molar-refractivity contribution is -0.0588. The fourth-order valence-corrected chi connectivity index (χ4v) is 3.63. The van der Waals surface area contributed by atoms with Gasteiger partial charge in [-0.15, -0.1) is 0 Å². The van der Waals surface area contributed by atoms with Crippen molar-refractivity contribution in [1.82, 2.24) is 4.72 Å². The lowest BCUT2D eigenvalue weighted by Crippen LogP contribution is -2.46. The van der Waals surface area contributed by atoms with Gasteiger partial charge in [0.15, 0.2) is 0 Å². The first-order valence-electron chi connectivity index (χ1n) is 6.81. The minimum Gasteiger partial charge on any atom is -0.497 e. The highest BCUT2D eigenvalue weighted by molar-refractivity contribution is 7.89. The van der Waals surface area contributed by atoms with Crippen LogP contribution in [0.15, 0.2) is 23.1 Å². The van der Waals surface area contributed by atoms with Crippen LogP contribution < -0.4 is 9.46 Å². The molecule has 1 saturated heterocycles. The second kappa shape index (κ2) is 6.31. The molecule has 118 valence electrons. The van der Waals surface area contributed by atoms with Crippen molar-refractivity contribution in [2.45, 2.75) is 30.3 Å². The summed E-state index contributed by atoms with van der Waals surface area (Å²) < 4.78 is 37.4. The van der Waals surface area contributed by atoms with E-state index in [2.05, 4.69) is 4.72 Å². The molecule has 0 aromatic heterocycles. The minimum atomic E-state index is -3.66. The molecule has 1 aromatic rings. The van der Waals surface area contributed by atoms with E-state index in [1.54, 1.807) is 19.1 Å². The maximum atomic E-state index is 12.3. The summed E-state index contributed by atoms with van der Waals surface area (Å²) in [6.07, 6.45) is 0.855. The molecule has 0 unspecified atom stereocenters. The first-order valence-corrected chi connectivity index (χ1v) is 8.29. The molecule has 6 nitrogen and oxygen atoms in total. The number of benzene rings is 1. The Balaban J connectivity index is 2.11. The highest BCUT2D eigenvalue weighted by atomic mass is 32.2. The van der Waals surface area contributed by atoms with E-state index in [4.69, 9.17) is 9.47 Å². The van der Waals surface area contributed by atoms with Gasteiger partial charge in [-0.05, 0) is 30.7 Å². The molecule has 1 aliphatic heterocycles. The third-order valence-electron chi connectivity index (χ3n) is 3.69. The standard InChI is InChI=1S/C14H21NO5S/c1-11-9-12(19-2)3-4-13(11)21(17,18)15-10-14(16)5-7-20-8-6-14/h3-4,9,15-16H,5-8,10H2,1-2H3. The maximum absolute atomic E-state index is 12.3. The number of hydrogen-bond donors (Lipinski definition) is 2. The summed E-state index contributed by atoms with van der Waals surface area (Å²) in [5.74, 6) is 0.606. The van der Waals surface area contributed by atoms with Crippen LogP contribution in [0.2, 0.25) is 0 Å². The van der Waals surface area contributed by atoms with Gasteiger partial charge >= 0.3 is 0 Å². The summed E-state index contributed by atoms with van der Waals surface area (Å²) in [4.78, 5) is 0.193. The van der Waals surface area contributed by atoms with Crippen LogP contribution in [0.4, 0.5) is 0 Å². The number of aryl methyl sites for hydroxylation is 1. The zero-order chi connectivity index (χ0) is 15.5. The van der Waals surface area contributed by atoms with Crippen LogP contribution in [0.3, 0.4) is 0 Å². The van der Waals surface area contributed by atoms with Gasteiger partial charge in [0, 0.05) is 32.6 Å². The van der Waals surface area contributed by atoms with Crippen molar-refractivity contribution in [2.75, 3.05) is 26.9 Å². The summed E-state index contributed by atoms with van der Waals surface area (Å²) in [5, 5.41) is 10.3. The average molecular weight is 315 g/mol. The zero-order valence-corrected chi connectivity index (χ0v) is 13.1. The lowest BCUT2D eigenvalue weighted by Gasteiger charge is -2.32. The van der Waals surface area contributed by atoms with Gasteiger partial charge < -0.3 is 14.6 Å². The number of sulfonamides is 1. The minimum absolute atomic E-state index is 0.00976. The van der Waals surface area contributed by atoms with E-state index in [0.717, 1.165) is 0 Å². The first kappa shape index (κ1) is 16.2. The smallest absolute Gasteiger partial charge is 0.240 e. The van der Waals surface area contributed by atoms with E-state index in [0.29, 0.717) is 37.4 Å². The number of hydrogen-bond acceptors (Lipinski definition) is 5. The monoisotopic (exact) mass is 315 g/mol. The number of nitrogens with one attached hydrogen (secondary N) is 1. The molecule has 0 atom stereocenters. The molecule has 0 amide bonds. The van der Waals surface area contributed by atoms with Crippen LogP contribution in [0.5, 0.6) is 5.75 Å². The molecule has 0 aliphatic carbocycles. The summed E-state index contributed by atoms with van der Waals surface area (Å²) in [5.41, 5.74) is -0.438. The zero-order valence-electron chi connectivity index (χ0n) is 12.3. The normalized spacial score (nSPS) is 18.4. The van der Waals surface area contributed by atoms with E-state index in [-0.39, 0.29) is 11.4 Å². The molecule has 0 saturated carbocycles. The fourth-order valence-electron chi connectivity index (χ4n) is 2.29. The van der Waals surface area contributed by atoms with Gasteiger partial charge in [0.1, 0.15) is 5.75 Å². The summed E-state index contributed by atoms with van der Waals surface area (Å²) in [6.45, 7) is 2.59. The summed E-state index contributed by atoms with van der Waals surface area (Å²) >= 11 is 0. The second-order valence-corrected chi connectivity index (χ2v) is 7.03. The molecule has 2 N–H and O–H groups in total. The molecule has 2 rings (SSSR count). The quantitative estimate of drug-likeness (QED) is 0.840. The Morgan fingerprint density at radius 3 is 2.62 bits per heavy atom. The van der Waals surface area contributed by atoms with E-state index in [1.807, 2.05) is 0 Å². The van der Waals surface area contributed by atoms with Crippen molar-refractivity contribution in [3.63, 3.8) is 0 Å². The van der Waals surface area contributed by atoms with Gasteiger partial charge in [0.05, 0.1) is 17.6 Å². The van der Waals surface area contributed by atoms with Gasteiger partial charge in [-0.2, -0.15) is 0 Å². The topological polar surface area (TPSA) is 84.9 Å². The molecular weight excluding hydrogens is 294 g/mol. The second-order valence-electron chi connectivity index (χ2n) is 5.29. The molecule has 1 aliphatic rings. The molecule has 0 spiro atoms. The van der Waals surface area contributed by atoms with E-state index < -0.39 is 15.6 Å². The lowest BCUT2D eigenvalue weighted by atomic mass is 9.95. The molecular formula is C14H21NO5S. The number of ether oxygens (including phenoxy) is 2. The predicted molar refractivity (Wildman–Crippen MR) is 77.9 cm³/mol. The van der Waals surface area contributed by atoms with Gasteiger partial charge in [-0.3, -0.25) is 0 Å². The Hall–Kier alpha value is -1.15. The van der Waals surface area contributed by atoms with Crippen molar-refractivity contribution in [1.29, 1.82) is 0 Å². The first-order chi connectivity index (χ1) is 9.86. The molecule has 1 aromatic carbocycles. The van der Waals surface area contributed by atoms with Crippen molar-refractivity contribution >= 4 is 10.0 Å². The summed E-state index contributed by atoms with van der Waals surface area (Å²) in [6, 6.07) is 4.77. The van der Waals surface area contributed by atoms with Crippen LogP contribution in [0.25, 0.3) is 0 Å². The Kier molecular flexibility index (Phi) is 4.88. The third-order valence-corrected chi connectivity index (χ3v) is 5.25. The average Bonchev–Trinajstić information content (AvgIpc) is 2.46. The van der Waals surface area contributed by atoms with Gasteiger partial charge in [-0.25, -0.2) is 13.1 Å².